The minimum absolute atomic E-state index is 0.215. The summed E-state index contributed by atoms with van der Waals surface area (Å²) in [4.78, 5) is 0.945. The topological polar surface area (TPSA) is 44.5 Å². The molecule has 0 atom stereocenters. The van der Waals surface area contributed by atoms with Crippen LogP contribution < -0.4 is 15.2 Å². The first-order valence-electron chi connectivity index (χ1n) is 5.89. The summed E-state index contributed by atoms with van der Waals surface area (Å²) in [6.07, 6.45) is 0. The van der Waals surface area contributed by atoms with Crippen molar-refractivity contribution in [1.82, 2.24) is 0 Å². The van der Waals surface area contributed by atoms with Crippen molar-refractivity contribution in [2.45, 2.75) is 10.6 Å². The van der Waals surface area contributed by atoms with Crippen molar-refractivity contribution in [3.05, 3.63) is 45.9 Å². The summed E-state index contributed by atoms with van der Waals surface area (Å²) >= 11 is 13.9. The Balaban J connectivity index is 1.79. The fourth-order valence-corrected chi connectivity index (χ4v) is 3.38. The van der Waals surface area contributed by atoms with Crippen LogP contribution >= 0.6 is 35.0 Å². The maximum absolute atomic E-state index is 6.15. The highest BCUT2D eigenvalue weighted by atomic mass is 35.5. The number of nitrogens with two attached hydrogens (primary N) is 1. The van der Waals surface area contributed by atoms with Gasteiger partial charge in [0.15, 0.2) is 11.5 Å². The Morgan fingerprint density at radius 1 is 1.10 bits per heavy atom. The minimum Gasteiger partial charge on any atom is -0.454 e. The molecule has 2 aromatic rings. The van der Waals surface area contributed by atoms with Crippen LogP contribution in [0.4, 0.5) is 5.69 Å². The highest BCUT2D eigenvalue weighted by Gasteiger charge is 2.18. The van der Waals surface area contributed by atoms with E-state index in [1.165, 1.54) is 0 Å². The van der Waals surface area contributed by atoms with Gasteiger partial charge >= 0.3 is 0 Å². The second-order valence-corrected chi connectivity index (χ2v) is 6.12. The molecule has 0 spiro atoms. The fraction of sp³-hybridized carbons (Fsp3) is 0.143. The Morgan fingerprint density at radius 2 is 1.95 bits per heavy atom. The number of nitrogen functional groups attached to an aromatic ring is 1. The average Bonchev–Trinajstić information content (AvgIpc) is 2.89. The largest absolute Gasteiger partial charge is 0.454 e. The van der Waals surface area contributed by atoms with E-state index in [9.17, 15) is 0 Å². The van der Waals surface area contributed by atoms with Crippen molar-refractivity contribution in [3.63, 3.8) is 0 Å². The number of hydrogen-bond donors (Lipinski definition) is 1. The van der Waals surface area contributed by atoms with Crippen LogP contribution in [0.5, 0.6) is 11.5 Å². The average molecular weight is 328 g/mol. The second kappa shape index (κ2) is 5.64. The van der Waals surface area contributed by atoms with E-state index in [0.717, 1.165) is 16.2 Å². The summed E-state index contributed by atoms with van der Waals surface area (Å²) in [5, 5.41) is 1.25. The van der Waals surface area contributed by atoms with Gasteiger partial charge in [0.2, 0.25) is 6.79 Å². The predicted molar refractivity (Wildman–Crippen MR) is 83.0 cm³/mol. The Kier molecular flexibility index (Phi) is 3.87. The third kappa shape index (κ3) is 2.77. The number of thioether (sulfide) groups is 1. The van der Waals surface area contributed by atoms with Gasteiger partial charge in [-0.05, 0) is 35.9 Å². The van der Waals surface area contributed by atoms with Gasteiger partial charge in [-0.3, -0.25) is 0 Å². The fourth-order valence-electron chi connectivity index (χ4n) is 1.90. The van der Waals surface area contributed by atoms with Crippen LogP contribution in [0.1, 0.15) is 5.56 Å². The van der Waals surface area contributed by atoms with Crippen LogP contribution in [-0.2, 0) is 5.75 Å². The molecule has 0 aromatic heterocycles. The Bertz CT molecular complexity index is 664. The van der Waals surface area contributed by atoms with Gasteiger partial charge in [-0.2, -0.15) is 0 Å². The molecule has 2 aromatic carbocycles. The molecular weight excluding hydrogens is 317 g/mol. The Hall–Kier alpha value is -1.23. The Labute approximate surface area is 131 Å². The number of hydrogen-bond acceptors (Lipinski definition) is 4. The number of halogens is 2. The van der Waals surface area contributed by atoms with Gasteiger partial charge in [0.1, 0.15) is 0 Å². The molecular formula is C14H11Cl2NO2S. The van der Waals surface area contributed by atoms with Crippen LogP contribution in [0.15, 0.2) is 35.2 Å². The summed E-state index contributed by atoms with van der Waals surface area (Å²) < 4.78 is 10.6. The quantitative estimate of drug-likeness (QED) is 0.661. The van der Waals surface area contributed by atoms with E-state index in [4.69, 9.17) is 38.4 Å². The van der Waals surface area contributed by atoms with E-state index in [1.54, 1.807) is 23.9 Å². The van der Waals surface area contributed by atoms with Gasteiger partial charge in [0.05, 0.1) is 10.0 Å². The van der Waals surface area contributed by atoms with E-state index in [2.05, 4.69) is 0 Å². The first-order chi connectivity index (χ1) is 9.63. The molecule has 1 aliphatic rings. The molecule has 3 nitrogen and oxygen atoms in total. The monoisotopic (exact) mass is 327 g/mol. The van der Waals surface area contributed by atoms with Gasteiger partial charge in [0.25, 0.3) is 0 Å². The van der Waals surface area contributed by atoms with Crippen LogP contribution in [0.3, 0.4) is 0 Å². The summed E-state index contributed by atoms with van der Waals surface area (Å²) in [6, 6.07) is 9.25. The van der Waals surface area contributed by atoms with Gasteiger partial charge in [0, 0.05) is 16.3 Å². The van der Waals surface area contributed by atoms with Crippen molar-refractivity contribution in [1.29, 1.82) is 0 Å². The molecule has 20 heavy (non-hydrogen) atoms. The summed E-state index contributed by atoms with van der Waals surface area (Å²) in [5.74, 6) is 2.02. The zero-order chi connectivity index (χ0) is 14.1. The molecule has 1 aliphatic heterocycles. The molecule has 1 heterocycles. The first kappa shape index (κ1) is 13.7. The van der Waals surface area contributed by atoms with Crippen molar-refractivity contribution in [2.24, 2.45) is 0 Å². The molecule has 0 amide bonds. The smallest absolute Gasteiger partial charge is 0.231 e. The maximum Gasteiger partial charge on any atom is 0.231 e. The maximum atomic E-state index is 6.15. The summed E-state index contributed by atoms with van der Waals surface area (Å²) in [6.45, 7) is 0.215. The zero-order valence-electron chi connectivity index (χ0n) is 10.4. The molecule has 3 rings (SSSR count). The van der Waals surface area contributed by atoms with Gasteiger partial charge in [-0.15, -0.1) is 11.8 Å². The van der Waals surface area contributed by atoms with Crippen LogP contribution in [0.25, 0.3) is 0 Å². The van der Waals surface area contributed by atoms with Crippen molar-refractivity contribution < 1.29 is 9.47 Å². The van der Waals surface area contributed by atoms with Gasteiger partial charge < -0.3 is 15.2 Å². The van der Waals surface area contributed by atoms with Gasteiger partial charge in [-0.25, -0.2) is 0 Å². The van der Waals surface area contributed by atoms with E-state index >= 15 is 0 Å². The molecule has 0 saturated carbocycles. The number of rotatable bonds is 3. The third-order valence-corrected chi connectivity index (χ3v) is 4.69. The lowest BCUT2D eigenvalue weighted by Gasteiger charge is -2.07. The van der Waals surface area contributed by atoms with Gasteiger partial charge in [-0.1, -0.05) is 23.2 Å². The lowest BCUT2D eigenvalue weighted by Crippen LogP contribution is -1.93. The van der Waals surface area contributed by atoms with Crippen molar-refractivity contribution >= 4 is 40.7 Å². The highest BCUT2D eigenvalue weighted by Crippen LogP contribution is 2.41. The third-order valence-electron chi connectivity index (χ3n) is 2.84. The number of anilines is 1. The molecule has 104 valence electrons. The molecule has 0 radical (unpaired) electrons. The first-order valence-corrected chi connectivity index (χ1v) is 7.63. The van der Waals surface area contributed by atoms with Crippen LogP contribution in [-0.4, -0.2) is 6.79 Å². The second-order valence-electron chi connectivity index (χ2n) is 4.29. The number of ether oxygens (including phenoxy) is 2. The van der Waals surface area contributed by atoms with Crippen molar-refractivity contribution in [2.75, 3.05) is 12.5 Å². The lowest BCUT2D eigenvalue weighted by atomic mass is 10.2. The molecule has 0 unspecified atom stereocenters. The molecule has 0 bridgehead atoms. The standard InChI is InChI=1S/C14H11Cl2NO2S/c15-10-2-1-9(17)5-13(10)20-6-8-3-11(16)14-12(4-8)18-7-19-14/h1-5H,6-7,17H2. The lowest BCUT2D eigenvalue weighted by molar-refractivity contribution is 0.174. The normalized spacial score (nSPS) is 12.7. The molecule has 0 saturated heterocycles. The summed E-state index contributed by atoms with van der Waals surface area (Å²) in [7, 11) is 0. The predicted octanol–water partition coefficient (Wildman–Crippen LogP) is 4.60. The number of fused-ring (bicyclic) bond motifs is 1. The van der Waals surface area contributed by atoms with E-state index in [0.29, 0.717) is 27.2 Å². The molecule has 0 fully saturated rings. The number of benzene rings is 2. The van der Waals surface area contributed by atoms with Crippen LogP contribution in [0.2, 0.25) is 10.0 Å². The van der Waals surface area contributed by atoms with E-state index in [1.807, 2.05) is 18.2 Å². The van der Waals surface area contributed by atoms with Crippen LogP contribution in [0, 0.1) is 0 Å². The van der Waals surface area contributed by atoms with E-state index in [-0.39, 0.29) is 6.79 Å². The highest BCUT2D eigenvalue weighted by molar-refractivity contribution is 7.98. The summed E-state index contributed by atoms with van der Waals surface area (Å²) in [5.41, 5.74) is 7.50. The minimum atomic E-state index is 0.215. The van der Waals surface area contributed by atoms with Crippen molar-refractivity contribution in [3.8, 4) is 11.5 Å². The molecule has 2 N–H and O–H groups in total. The van der Waals surface area contributed by atoms with E-state index < -0.39 is 0 Å². The molecule has 0 aliphatic carbocycles. The SMILES string of the molecule is Nc1ccc(Cl)c(SCc2cc(Cl)c3c(c2)OCO3)c1. The molecule has 6 heteroatoms. The Morgan fingerprint density at radius 3 is 2.80 bits per heavy atom. The zero-order valence-corrected chi connectivity index (χ0v) is 12.7.